The van der Waals surface area contributed by atoms with E-state index in [4.69, 9.17) is 0 Å². The van der Waals surface area contributed by atoms with Crippen LogP contribution in [0.4, 0.5) is 15.2 Å². The van der Waals surface area contributed by atoms with Crippen LogP contribution in [-0.4, -0.2) is 23.3 Å². The Morgan fingerprint density at radius 1 is 1.27 bits per heavy atom. The molecule has 2 amide bonds. The Morgan fingerprint density at radius 3 is 2.81 bits per heavy atom. The van der Waals surface area contributed by atoms with E-state index in [-0.39, 0.29) is 24.1 Å². The monoisotopic (exact) mass is 369 g/mol. The number of amides is 2. The lowest BCUT2D eigenvalue weighted by Gasteiger charge is -2.16. The van der Waals surface area contributed by atoms with Gasteiger partial charge in [-0.3, -0.25) is 9.59 Å². The topological polar surface area (TPSA) is 62.3 Å². The molecular formula is C19H16FN3O2S. The van der Waals surface area contributed by atoms with Crippen LogP contribution >= 0.6 is 11.3 Å². The third-order valence-corrected chi connectivity index (χ3v) is 5.36. The summed E-state index contributed by atoms with van der Waals surface area (Å²) in [6.45, 7) is 2.32. The standard InChI is InChI=1S/C19H16FN3O2S/c1-11-2-5-14(6-3-11)23-10-12(8-17(23)24)18(25)22-19-21-15-7-4-13(20)9-16(15)26-19/h2-7,9,12H,8,10H2,1H3,(H,21,22,25). The number of aromatic nitrogens is 1. The van der Waals surface area contributed by atoms with Crippen LogP contribution in [0, 0.1) is 18.7 Å². The molecule has 0 bridgehead atoms. The van der Waals surface area contributed by atoms with E-state index in [9.17, 15) is 14.0 Å². The minimum atomic E-state index is -0.437. The lowest BCUT2D eigenvalue weighted by Crippen LogP contribution is -2.28. The molecule has 0 aliphatic carbocycles. The van der Waals surface area contributed by atoms with E-state index >= 15 is 0 Å². The summed E-state index contributed by atoms with van der Waals surface area (Å²) < 4.78 is 13.9. The van der Waals surface area contributed by atoms with Gasteiger partial charge in [-0.05, 0) is 37.3 Å². The molecule has 0 radical (unpaired) electrons. The summed E-state index contributed by atoms with van der Waals surface area (Å²) >= 11 is 1.22. The third kappa shape index (κ3) is 3.17. The van der Waals surface area contributed by atoms with Crippen LogP contribution in [0.5, 0.6) is 0 Å². The van der Waals surface area contributed by atoms with E-state index in [0.717, 1.165) is 11.3 Å². The number of carbonyl (C=O) groups excluding carboxylic acids is 2. The Hall–Kier alpha value is -2.80. The van der Waals surface area contributed by atoms with Crippen molar-refractivity contribution in [2.75, 3.05) is 16.8 Å². The van der Waals surface area contributed by atoms with Gasteiger partial charge in [-0.15, -0.1) is 0 Å². The summed E-state index contributed by atoms with van der Waals surface area (Å²) in [5, 5.41) is 3.18. The van der Waals surface area contributed by atoms with E-state index in [2.05, 4.69) is 10.3 Å². The van der Waals surface area contributed by atoms with Gasteiger partial charge in [-0.25, -0.2) is 9.37 Å². The van der Waals surface area contributed by atoms with Crippen molar-refractivity contribution in [2.45, 2.75) is 13.3 Å². The molecule has 1 aromatic heterocycles. The van der Waals surface area contributed by atoms with Gasteiger partial charge in [0.15, 0.2) is 5.13 Å². The van der Waals surface area contributed by atoms with Gasteiger partial charge in [0, 0.05) is 18.7 Å². The van der Waals surface area contributed by atoms with Crippen LogP contribution < -0.4 is 10.2 Å². The number of hydrogen-bond donors (Lipinski definition) is 1. The number of nitrogens with zero attached hydrogens (tertiary/aromatic N) is 2. The van der Waals surface area contributed by atoms with E-state index in [1.54, 1.807) is 11.0 Å². The first-order valence-corrected chi connectivity index (χ1v) is 9.05. The first-order valence-electron chi connectivity index (χ1n) is 8.23. The highest BCUT2D eigenvalue weighted by Gasteiger charge is 2.35. The second-order valence-electron chi connectivity index (χ2n) is 6.36. The summed E-state index contributed by atoms with van der Waals surface area (Å²) in [6.07, 6.45) is 0.166. The van der Waals surface area contributed by atoms with Crippen LogP contribution in [0.1, 0.15) is 12.0 Å². The largest absolute Gasteiger partial charge is 0.312 e. The minimum Gasteiger partial charge on any atom is -0.312 e. The molecule has 2 aromatic carbocycles. The summed E-state index contributed by atoms with van der Waals surface area (Å²) in [5.41, 5.74) is 2.55. The molecule has 5 nitrogen and oxygen atoms in total. The van der Waals surface area contributed by atoms with Gasteiger partial charge >= 0.3 is 0 Å². The van der Waals surface area contributed by atoms with Gasteiger partial charge in [-0.2, -0.15) is 0 Å². The summed E-state index contributed by atoms with van der Waals surface area (Å²) in [6, 6.07) is 12.0. The maximum Gasteiger partial charge on any atom is 0.231 e. The lowest BCUT2D eigenvalue weighted by molar-refractivity contribution is -0.122. The number of anilines is 2. The molecule has 0 saturated carbocycles. The van der Waals surface area contributed by atoms with Gasteiger partial charge in [0.1, 0.15) is 5.82 Å². The van der Waals surface area contributed by atoms with Crippen LogP contribution in [0.15, 0.2) is 42.5 Å². The third-order valence-electron chi connectivity index (χ3n) is 4.42. The molecule has 1 fully saturated rings. The Kier molecular flexibility index (Phi) is 4.16. The maximum absolute atomic E-state index is 13.3. The SMILES string of the molecule is Cc1ccc(N2CC(C(=O)Nc3nc4ccc(F)cc4s3)CC2=O)cc1. The quantitative estimate of drug-likeness (QED) is 0.765. The molecule has 1 aliphatic rings. The zero-order valence-corrected chi connectivity index (χ0v) is 14.8. The zero-order valence-electron chi connectivity index (χ0n) is 14.0. The Balaban J connectivity index is 1.48. The van der Waals surface area contributed by atoms with Crippen molar-refractivity contribution in [2.24, 2.45) is 5.92 Å². The summed E-state index contributed by atoms with van der Waals surface area (Å²) in [5.74, 6) is -1.09. The molecule has 4 rings (SSSR count). The van der Waals surface area contributed by atoms with Crippen molar-refractivity contribution in [3.63, 3.8) is 0 Å². The fourth-order valence-electron chi connectivity index (χ4n) is 3.02. The highest BCUT2D eigenvalue weighted by Crippen LogP contribution is 2.29. The summed E-state index contributed by atoms with van der Waals surface area (Å²) in [4.78, 5) is 30.8. The highest BCUT2D eigenvalue weighted by molar-refractivity contribution is 7.22. The summed E-state index contributed by atoms with van der Waals surface area (Å²) in [7, 11) is 0. The van der Waals surface area contributed by atoms with Crippen molar-refractivity contribution >= 4 is 44.2 Å². The molecule has 3 aromatic rings. The van der Waals surface area contributed by atoms with Crippen LogP contribution in [0.3, 0.4) is 0 Å². The molecule has 2 heterocycles. The second kappa shape index (κ2) is 6.49. The van der Waals surface area contributed by atoms with Crippen molar-refractivity contribution in [1.29, 1.82) is 0 Å². The molecular weight excluding hydrogens is 353 g/mol. The molecule has 1 N–H and O–H groups in total. The van der Waals surface area contributed by atoms with Gasteiger partial charge in [0.25, 0.3) is 0 Å². The second-order valence-corrected chi connectivity index (χ2v) is 7.39. The molecule has 7 heteroatoms. The van der Waals surface area contributed by atoms with Crippen molar-refractivity contribution < 1.29 is 14.0 Å². The Bertz CT molecular complexity index is 1000. The molecule has 132 valence electrons. The normalized spacial score (nSPS) is 17.1. The highest BCUT2D eigenvalue weighted by atomic mass is 32.1. The Labute approximate surface area is 153 Å². The average Bonchev–Trinajstić information content (AvgIpc) is 3.18. The molecule has 1 aliphatic heterocycles. The predicted molar refractivity (Wildman–Crippen MR) is 99.8 cm³/mol. The van der Waals surface area contributed by atoms with E-state index in [0.29, 0.717) is 21.9 Å². The molecule has 26 heavy (non-hydrogen) atoms. The first kappa shape index (κ1) is 16.7. The number of benzene rings is 2. The van der Waals surface area contributed by atoms with E-state index in [1.165, 1.54) is 23.5 Å². The number of aryl methyl sites for hydroxylation is 1. The Morgan fingerprint density at radius 2 is 2.04 bits per heavy atom. The van der Waals surface area contributed by atoms with Crippen LogP contribution in [0.2, 0.25) is 0 Å². The van der Waals surface area contributed by atoms with Gasteiger partial charge < -0.3 is 10.2 Å². The van der Waals surface area contributed by atoms with Crippen LogP contribution in [-0.2, 0) is 9.59 Å². The smallest absolute Gasteiger partial charge is 0.231 e. The number of rotatable bonds is 3. The number of hydrogen-bond acceptors (Lipinski definition) is 4. The number of fused-ring (bicyclic) bond motifs is 1. The van der Waals surface area contributed by atoms with Crippen molar-refractivity contribution in [1.82, 2.24) is 4.98 Å². The van der Waals surface area contributed by atoms with Gasteiger partial charge in [0.2, 0.25) is 11.8 Å². The lowest BCUT2D eigenvalue weighted by atomic mass is 10.1. The number of carbonyl (C=O) groups is 2. The molecule has 1 saturated heterocycles. The molecule has 0 spiro atoms. The van der Waals surface area contributed by atoms with Gasteiger partial charge in [0.05, 0.1) is 16.1 Å². The molecule has 1 unspecified atom stereocenters. The van der Waals surface area contributed by atoms with E-state index in [1.807, 2.05) is 31.2 Å². The van der Waals surface area contributed by atoms with E-state index < -0.39 is 5.92 Å². The zero-order chi connectivity index (χ0) is 18.3. The predicted octanol–water partition coefficient (Wildman–Crippen LogP) is 3.74. The number of halogens is 1. The fraction of sp³-hybridized carbons (Fsp3) is 0.211. The fourth-order valence-corrected chi connectivity index (χ4v) is 3.91. The first-order chi connectivity index (χ1) is 12.5. The maximum atomic E-state index is 13.3. The van der Waals surface area contributed by atoms with Gasteiger partial charge in [-0.1, -0.05) is 29.0 Å². The van der Waals surface area contributed by atoms with Crippen molar-refractivity contribution in [3.8, 4) is 0 Å². The molecule has 1 atom stereocenters. The van der Waals surface area contributed by atoms with Crippen molar-refractivity contribution in [3.05, 3.63) is 53.8 Å². The number of nitrogens with one attached hydrogen (secondary N) is 1. The van der Waals surface area contributed by atoms with Crippen LogP contribution in [0.25, 0.3) is 10.2 Å². The average molecular weight is 369 g/mol. The minimum absolute atomic E-state index is 0.0691. The number of thiazole rings is 1.